The molecule has 8 nitrogen and oxygen atoms in total. The number of carboxylic acid groups (broad SMARTS) is 1. The first-order chi connectivity index (χ1) is 14.4. The van der Waals surface area contributed by atoms with Gasteiger partial charge in [-0.25, -0.2) is 14.0 Å². The predicted molar refractivity (Wildman–Crippen MR) is 104 cm³/mol. The van der Waals surface area contributed by atoms with Crippen molar-refractivity contribution in [3.63, 3.8) is 0 Å². The zero-order valence-corrected chi connectivity index (χ0v) is 17.2. The van der Waals surface area contributed by atoms with Crippen LogP contribution in [0.3, 0.4) is 0 Å². The van der Waals surface area contributed by atoms with E-state index >= 15 is 0 Å². The second-order valence-electron chi connectivity index (χ2n) is 7.14. The van der Waals surface area contributed by atoms with Gasteiger partial charge in [-0.1, -0.05) is 0 Å². The maximum Gasteiger partial charge on any atom is 0.490 e. The van der Waals surface area contributed by atoms with Crippen LogP contribution in [0.2, 0.25) is 0 Å². The zero-order chi connectivity index (χ0) is 23.3. The Morgan fingerprint density at radius 1 is 1.23 bits per heavy atom. The van der Waals surface area contributed by atoms with E-state index in [0.29, 0.717) is 18.8 Å². The summed E-state index contributed by atoms with van der Waals surface area (Å²) in [6, 6.07) is 5.60. The summed E-state index contributed by atoms with van der Waals surface area (Å²) in [4.78, 5) is 25.2. The molecular formula is C19H23F4N5O3. The first-order valence-electron chi connectivity index (χ1n) is 9.18. The van der Waals surface area contributed by atoms with E-state index in [4.69, 9.17) is 9.90 Å². The van der Waals surface area contributed by atoms with Gasteiger partial charge in [0.25, 0.3) is 0 Å². The topological polar surface area (TPSA) is 90.7 Å². The van der Waals surface area contributed by atoms with E-state index in [1.807, 2.05) is 25.8 Å². The van der Waals surface area contributed by atoms with Gasteiger partial charge >= 0.3 is 18.2 Å². The molecule has 0 bridgehead atoms. The number of amides is 2. The molecule has 31 heavy (non-hydrogen) atoms. The molecule has 0 fully saturated rings. The lowest BCUT2D eigenvalue weighted by molar-refractivity contribution is -0.192. The lowest BCUT2D eigenvalue weighted by Gasteiger charge is -2.28. The number of nitrogens with zero attached hydrogens (tertiary/aromatic N) is 4. The first-order valence-corrected chi connectivity index (χ1v) is 9.18. The molecule has 0 saturated carbocycles. The number of urea groups is 1. The fourth-order valence-corrected chi connectivity index (χ4v) is 2.99. The summed E-state index contributed by atoms with van der Waals surface area (Å²) in [5.41, 5.74) is 3.99. The second-order valence-corrected chi connectivity index (χ2v) is 7.14. The summed E-state index contributed by atoms with van der Waals surface area (Å²) in [5.74, 6) is -3.08. The largest absolute Gasteiger partial charge is 0.490 e. The quantitative estimate of drug-likeness (QED) is 0.710. The smallest absolute Gasteiger partial charge is 0.475 e. The van der Waals surface area contributed by atoms with Gasteiger partial charge in [0, 0.05) is 31.4 Å². The van der Waals surface area contributed by atoms with Crippen LogP contribution in [0.5, 0.6) is 0 Å². The molecule has 12 heteroatoms. The highest BCUT2D eigenvalue weighted by atomic mass is 19.4. The molecular weight excluding hydrogens is 422 g/mol. The van der Waals surface area contributed by atoms with Crippen molar-refractivity contribution in [2.24, 2.45) is 7.05 Å². The maximum absolute atomic E-state index is 12.9. The summed E-state index contributed by atoms with van der Waals surface area (Å²) in [7, 11) is 5.96. The molecule has 2 heterocycles. The van der Waals surface area contributed by atoms with Gasteiger partial charge in [0.1, 0.15) is 5.82 Å². The van der Waals surface area contributed by atoms with Gasteiger partial charge < -0.3 is 20.2 Å². The molecule has 1 aromatic carbocycles. The standard InChI is InChI=1S/C17H22FN5O.C2HF3O2/c1-21(2)10-15-14-8-9-23(11-16(14)22(3)20-15)17(24)19-13-6-4-12(18)5-7-13;3-2(4,5)1(6)7/h4-7H,8-11H2,1-3H3,(H,19,24);(H,6,7). The van der Waals surface area contributed by atoms with Crippen LogP contribution in [0.25, 0.3) is 0 Å². The normalized spacial score (nSPS) is 13.4. The van der Waals surface area contributed by atoms with Crippen molar-refractivity contribution in [1.29, 1.82) is 0 Å². The van der Waals surface area contributed by atoms with Crippen molar-refractivity contribution in [2.45, 2.75) is 25.7 Å². The van der Waals surface area contributed by atoms with Crippen molar-refractivity contribution in [3.8, 4) is 0 Å². The second kappa shape index (κ2) is 9.77. The van der Waals surface area contributed by atoms with E-state index in [1.165, 1.54) is 17.7 Å². The number of carbonyl (C=O) groups is 2. The number of hydrogen-bond acceptors (Lipinski definition) is 4. The van der Waals surface area contributed by atoms with Crippen molar-refractivity contribution in [1.82, 2.24) is 19.6 Å². The first kappa shape index (κ1) is 24.1. The number of rotatable bonds is 3. The third-order valence-corrected chi connectivity index (χ3v) is 4.42. The average Bonchev–Trinajstić information content (AvgIpc) is 2.97. The number of aryl methyl sites for hydroxylation is 1. The molecule has 2 N–H and O–H groups in total. The number of nitrogens with one attached hydrogen (secondary N) is 1. The molecule has 0 spiro atoms. The molecule has 1 aliphatic heterocycles. The summed E-state index contributed by atoms with van der Waals surface area (Å²) in [5, 5.41) is 14.5. The van der Waals surface area contributed by atoms with Crippen LogP contribution >= 0.6 is 0 Å². The number of anilines is 1. The minimum atomic E-state index is -5.08. The fourth-order valence-electron chi connectivity index (χ4n) is 2.99. The fraction of sp³-hybridized carbons (Fsp3) is 0.421. The summed E-state index contributed by atoms with van der Waals surface area (Å²) >= 11 is 0. The molecule has 1 aliphatic rings. The third kappa shape index (κ3) is 6.67. The van der Waals surface area contributed by atoms with Crippen molar-refractivity contribution < 1.29 is 32.3 Å². The van der Waals surface area contributed by atoms with Crippen LogP contribution in [0.15, 0.2) is 24.3 Å². The number of carbonyl (C=O) groups excluding carboxylic acids is 1. The number of aromatic nitrogens is 2. The average molecular weight is 445 g/mol. The Hall–Kier alpha value is -3.15. The number of halogens is 4. The van der Waals surface area contributed by atoms with Gasteiger partial charge in [-0.3, -0.25) is 4.68 Å². The van der Waals surface area contributed by atoms with Gasteiger partial charge in [0.15, 0.2) is 0 Å². The Morgan fingerprint density at radius 3 is 2.32 bits per heavy atom. The van der Waals surface area contributed by atoms with Gasteiger partial charge in [-0.15, -0.1) is 0 Å². The number of alkyl halides is 3. The molecule has 1 aromatic heterocycles. The maximum atomic E-state index is 12.9. The lowest BCUT2D eigenvalue weighted by atomic mass is 10.0. The van der Waals surface area contributed by atoms with Gasteiger partial charge in [-0.2, -0.15) is 18.3 Å². The Morgan fingerprint density at radius 2 is 1.81 bits per heavy atom. The Labute approximate surface area is 176 Å². The Balaban J connectivity index is 0.000000423. The minimum Gasteiger partial charge on any atom is -0.475 e. The number of benzene rings is 1. The van der Waals surface area contributed by atoms with Crippen LogP contribution in [-0.4, -0.2) is 63.5 Å². The summed E-state index contributed by atoms with van der Waals surface area (Å²) in [6.45, 7) is 1.97. The van der Waals surface area contributed by atoms with Crippen LogP contribution < -0.4 is 5.32 Å². The summed E-state index contributed by atoms with van der Waals surface area (Å²) < 4.78 is 46.5. The highest BCUT2D eigenvalue weighted by Crippen LogP contribution is 2.23. The van der Waals surface area contributed by atoms with Crippen molar-refractivity contribution >= 4 is 17.7 Å². The molecule has 0 saturated heterocycles. The molecule has 2 amide bonds. The van der Waals surface area contributed by atoms with Crippen molar-refractivity contribution in [2.75, 3.05) is 26.0 Å². The number of hydrogen-bond donors (Lipinski definition) is 2. The zero-order valence-electron chi connectivity index (χ0n) is 17.2. The molecule has 0 unspecified atom stereocenters. The number of carboxylic acids is 1. The molecule has 2 aromatic rings. The molecule has 0 atom stereocenters. The van der Waals surface area contributed by atoms with Crippen LogP contribution in [0, 0.1) is 5.82 Å². The van der Waals surface area contributed by atoms with Gasteiger partial charge in [0.05, 0.1) is 17.9 Å². The van der Waals surface area contributed by atoms with Crippen LogP contribution in [0.1, 0.15) is 17.0 Å². The summed E-state index contributed by atoms with van der Waals surface area (Å²) in [6.07, 6.45) is -4.29. The number of fused-ring (bicyclic) bond motifs is 1. The highest BCUT2D eigenvalue weighted by molar-refractivity contribution is 5.89. The molecule has 170 valence electrons. The van der Waals surface area contributed by atoms with E-state index in [2.05, 4.69) is 15.3 Å². The Kier molecular flexibility index (Phi) is 7.60. The third-order valence-electron chi connectivity index (χ3n) is 4.42. The molecule has 3 rings (SSSR count). The van der Waals surface area contributed by atoms with Gasteiger partial charge in [-0.05, 0) is 44.8 Å². The van der Waals surface area contributed by atoms with Gasteiger partial charge in [0.2, 0.25) is 0 Å². The van der Waals surface area contributed by atoms with E-state index in [0.717, 1.165) is 24.4 Å². The molecule has 0 radical (unpaired) electrons. The minimum absolute atomic E-state index is 0.178. The lowest BCUT2D eigenvalue weighted by Crippen LogP contribution is -2.39. The molecule has 0 aliphatic carbocycles. The van der Waals surface area contributed by atoms with Crippen LogP contribution in [0.4, 0.5) is 28.0 Å². The predicted octanol–water partition coefficient (Wildman–Crippen LogP) is 2.84. The van der Waals surface area contributed by atoms with Crippen LogP contribution in [-0.2, 0) is 31.4 Å². The van der Waals surface area contributed by atoms with Crippen molar-refractivity contribution in [3.05, 3.63) is 47.0 Å². The van der Waals surface area contributed by atoms with E-state index in [-0.39, 0.29) is 11.8 Å². The number of aliphatic carboxylic acids is 1. The highest BCUT2D eigenvalue weighted by Gasteiger charge is 2.38. The van der Waals surface area contributed by atoms with E-state index in [9.17, 15) is 22.4 Å². The monoisotopic (exact) mass is 445 g/mol. The van der Waals surface area contributed by atoms with E-state index < -0.39 is 12.1 Å². The SMILES string of the molecule is CN(C)Cc1nn(C)c2c1CCN(C(=O)Nc1ccc(F)cc1)C2.O=C(O)C(F)(F)F. The van der Waals surface area contributed by atoms with E-state index in [1.54, 1.807) is 17.0 Å². The Bertz CT molecular complexity index is 926.